The predicted molar refractivity (Wildman–Crippen MR) is 75.4 cm³/mol. The van der Waals surface area contributed by atoms with Crippen molar-refractivity contribution in [3.05, 3.63) is 22.7 Å². The molecule has 1 fully saturated rings. The quantitative estimate of drug-likeness (QED) is 0.648. The van der Waals surface area contributed by atoms with Gasteiger partial charge < -0.3 is 15.4 Å². The first-order chi connectivity index (χ1) is 8.16. The van der Waals surface area contributed by atoms with Gasteiger partial charge in [-0.25, -0.2) is 0 Å². The molecule has 0 unspecified atom stereocenters. The van der Waals surface area contributed by atoms with Crippen molar-refractivity contribution in [3.63, 3.8) is 0 Å². The van der Waals surface area contributed by atoms with Crippen LogP contribution in [0.15, 0.2) is 22.7 Å². The molecule has 4 heteroatoms. The van der Waals surface area contributed by atoms with Crippen molar-refractivity contribution in [1.82, 2.24) is 0 Å². The van der Waals surface area contributed by atoms with Crippen LogP contribution in [0, 0.1) is 5.92 Å². The van der Waals surface area contributed by atoms with Crippen LogP contribution in [0.4, 0.5) is 11.4 Å². The lowest BCUT2D eigenvalue weighted by atomic mass is 10.2. The molecule has 17 heavy (non-hydrogen) atoms. The molecule has 1 saturated carbocycles. The van der Waals surface area contributed by atoms with Gasteiger partial charge in [-0.3, -0.25) is 0 Å². The van der Waals surface area contributed by atoms with Crippen LogP contribution in [0.1, 0.15) is 12.8 Å². The standard InChI is InChI=1S/C13H19BrN2O/c1-16(6-7-17-9-10-2-3-10)13-5-4-11(15)8-12(13)14/h4-5,8,10H,2-3,6-7,9,15H2,1H3. The monoisotopic (exact) mass is 298 g/mol. The molecule has 0 amide bonds. The fourth-order valence-corrected chi connectivity index (χ4v) is 2.39. The van der Waals surface area contributed by atoms with E-state index in [1.807, 2.05) is 18.2 Å². The van der Waals surface area contributed by atoms with Crippen LogP contribution in [-0.4, -0.2) is 26.8 Å². The minimum Gasteiger partial charge on any atom is -0.399 e. The molecule has 3 nitrogen and oxygen atoms in total. The SMILES string of the molecule is CN(CCOCC1CC1)c1ccc(N)cc1Br. The molecule has 0 aliphatic heterocycles. The first kappa shape index (κ1) is 12.7. The maximum Gasteiger partial charge on any atom is 0.0641 e. The first-order valence-corrected chi connectivity index (χ1v) is 6.80. The van der Waals surface area contributed by atoms with Crippen LogP contribution >= 0.6 is 15.9 Å². The minimum atomic E-state index is 0.777. The zero-order valence-corrected chi connectivity index (χ0v) is 11.7. The van der Waals surface area contributed by atoms with Crippen LogP contribution in [0.5, 0.6) is 0 Å². The molecule has 94 valence electrons. The molecule has 0 bridgehead atoms. The fraction of sp³-hybridized carbons (Fsp3) is 0.538. The van der Waals surface area contributed by atoms with Crippen LogP contribution in [0.25, 0.3) is 0 Å². The third-order valence-electron chi connectivity index (χ3n) is 3.00. The molecule has 1 aliphatic rings. The highest BCUT2D eigenvalue weighted by atomic mass is 79.9. The Morgan fingerprint density at radius 3 is 2.88 bits per heavy atom. The maximum atomic E-state index is 5.72. The molecule has 0 aromatic heterocycles. The molecule has 1 aliphatic carbocycles. The third-order valence-corrected chi connectivity index (χ3v) is 3.64. The van der Waals surface area contributed by atoms with Gasteiger partial charge in [0.1, 0.15) is 0 Å². The summed E-state index contributed by atoms with van der Waals surface area (Å²) in [6.07, 6.45) is 2.69. The van der Waals surface area contributed by atoms with E-state index in [9.17, 15) is 0 Å². The van der Waals surface area contributed by atoms with Gasteiger partial charge in [0.2, 0.25) is 0 Å². The average molecular weight is 299 g/mol. The Labute approximate surface area is 111 Å². The number of nitrogens with two attached hydrogens (primary N) is 1. The van der Waals surface area contributed by atoms with Crippen molar-refractivity contribution in [1.29, 1.82) is 0 Å². The fourth-order valence-electron chi connectivity index (χ4n) is 1.69. The number of nitrogens with zero attached hydrogens (tertiary/aromatic N) is 1. The maximum absolute atomic E-state index is 5.72. The summed E-state index contributed by atoms with van der Waals surface area (Å²) < 4.78 is 6.66. The number of halogens is 1. The summed E-state index contributed by atoms with van der Waals surface area (Å²) in [5, 5.41) is 0. The number of likely N-dealkylation sites (N-methyl/N-ethyl adjacent to an activating group) is 1. The average Bonchev–Trinajstić information content (AvgIpc) is 3.08. The predicted octanol–water partition coefficient (Wildman–Crippen LogP) is 2.89. The summed E-state index contributed by atoms with van der Waals surface area (Å²) >= 11 is 3.53. The summed E-state index contributed by atoms with van der Waals surface area (Å²) in [7, 11) is 2.07. The Hall–Kier alpha value is -0.740. The van der Waals surface area contributed by atoms with Gasteiger partial charge in [0.05, 0.1) is 12.3 Å². The zero-order valence-electron chi connectivity index (χ0n) is 10.2. The number of hydrogen-bond donors (Lipinski definition) is 1. The molecule has 0 atom stereocenters. The van der Waals surface area contributed by atoms with Crippen molar-refractivity contribution in [2.24, 2.45) is 5.92 Å². The molecule has 0 saturated heterocycles. The summed E-state index contributed by atoms with van der Waals surface area (Å²) in [4.78, 5) is 2.18. The second-order valence-corrected chi connectivity index (χ2v) is 5.51. The zero-order chi connectivity index (χ0) is 12.3. The van der Waals surface area contributed by atoms with Crippen molar-refractivity contribution in [3.8, 4) is 0 Å². The summed E-state index contributed by atoms with van der Waals surface area (Å²) in [5.74, 6) is 0.837. The van der Waals surface area contributed by atoms with E-state index in [1.165, 1.54) is 12.8 Å². The van der Waals surface area contributed by atoms with Crippen LogP contribution in [0.2, 0.25) is 0 Å². The van der Waals surface area contributed by atoms with Gasteiger partial charge in [-0.1, -0.05) is 0 Å². The van der Waals surface area contributed by atoms with E-state index in [1.54, 1.807) is 0 Å². The Morgan fingerprint density at radius 1 is 1.47 bits per heavy atom. The molecule has 0 spiro atoms. The molecule has 2 N–H and O–H groups in total. The van der Waals surface area contributed by atoms with Gasteiger partial charge in [0, 0.05) is 30.4 Å². The molecule has 0 heterocycles. The Kier molecular flexibility index (Phi) is 4.29. The number of ether oxygens (including phenoxy) is 1. The van der Waals surface area contributed by atoms with E-state index in [0.29, 0.717) is 0 Å². The summed E-state index contributed by atoms with van der Waals surface area (Å²) in [6, 6.07) is 5.87. The van der Waals surface area contributed by atoms with E-state index in [2.05, 4.69) is 27.9 Å². The number of benzene rings is 1. The number of rotatable bonds is 6. The molecule has 0 radical (unpaired) electrons. The minimum absolute atomic E-state index is 0.777. The highest BCUT2D eigenvalue weighted by Gasteiger charge is 2.21. The summed E-state index contributed by atoms with van der Waals surface area (Å²) in [5.41, 5.74) is 7.64. The van der Waals surface area contributed by atoms with Crippen molar-refractivity contribution >= 4 is 27.3 Å². The van der Waals surface area contributed by atoms with Gasteiger partial charge in [-0.2, -0.15) is 0 Å². The van der Waals surface area contributed by atoms with Gasteiger partial charge in [0.15, 0.2) is 0 Å². The van der Waals surface area contributed by atoms with E-state index < -0.39 is 0 Å². The lowest BCUT2D eigenvalue weighted by Crippen LogP contribution is -2.23. The van der Waals surface area contributed by atoms with E-state index in [0.717, 1.165) is 41.5 Å². The lowest BCUT2D eigenvalue weighted by Gasteiger charge is -2.20. The third kappa shape index (κ3) is 3.89. The molecular weight excluding hydrogens is 280 g/mol. The normalized spacial score (nSPS) is 14.9. The van der Waals surface area contributed by atoms with Crippen LogP contribution in [-0.2, 0) is 4.74 Å². The second-order valence-electron chi connectivity index (χ2n) is 4.65. The number of nitrogen functional groups attached to an aromatic ring is 1. The largest absolute Gasteiger partial charge is 0.399 e. The van der Waals surface area contributed by atoms with Gasteiger partial charge >= 0.3 is 0 Å². The van der Waals surface area contributed by atoms with E-state index in [4.69, 9.17) is 10.5 Å². The molecule has 1 aromatic carbocycles. The van der Waals surface area contributed by atoms with Crippen LogP contribution in [0.3, 0.4) is 0 Å². The second kappa shape index (κ2) is 5.74. The lowest BCUT2D eigenvalue weighted by molar-refractivity contribution is 0.131. The topological polar surface area (TPSA) is 38.5 Å². The van der Waals surface area contributed by atoms with E-state index >= 15 is 0 Å². The summed E-state index contributed by atoms with van der Waals surface area (Å²) in [6.45, 7) is 2.61. The van der Waals surface area contributed by atoms with Gasteiger partial charge in [-0.15, -0.1) is 0 Å². The highest BCUT2D eigenvalue weighted by Crippen LogP contribution is 2.29. The molecular formula is C13H19BrN2O. The Bertz CT molecular complexity index is 380. The Balaban J connectivity index is 1.78. The van der Waals surface area contributed by atoms with Crippen molar-refractivity contribution in [2.45, 2.75) is 12.8 Å². The van der Waals surface area contributed by atoms with Gasteiger partial charge in [-0.05, 0) is 52.9 Å². The molecule has 2 rings (SSSR count). The highest BCUT2D eigenvalue weighted by molar-refractivity contribution is 9.10. The van der Waals surface area contributed by atoms with Crippen molar-refractivity contribution in [2.75, 3.05) is 37.4 Å². The number of anilines is 2. The van der Waals surface area contributed by atoms with Gasteiger partial charge in [0.25, 0.3) is 0 Å². The van der Waals surface area contributed by atoms with Crippen LogP contribution < -0.4 is 10.6 Å². The van der Waals surface area contributed by atoms with E-state index in [-0.39, 0.29) is 0 Å². The molecule has 1 aromatic rings. The smallest absolute Gasteiger partial charge is 0.0641 e. The first-order valence-electron chi connectivity index (χ1n) is 6.00. The Morgan fingerprint density at radius 2 is 2.24 bits per heavy atom. The van der Waals surface area contributed by atoms with Crippen molar-refractivity contribution < 1.29 is 4.74 Å². The number of hydrogen-bond acceptors (Lipinski definition) is 3.